The van der Waals surface area contributed by atoms with Gasteiger partial charge in [-0.05, 0) is 22.4 Å². The molecule has 1 aromatic heterocycles. The second-order valence-corrected chi connectivity index (χ2v) is 4.20. The van der Waals surface area contributed by atoms with Crippen LogP contribution in [-0.2, 0) is 9.47 Å². The third-order valence-corrected chi connectivity index (χ3v) is 2.56. The molecule has 0 fully saturated rings. The van der Waals surface area contributed by atoms with Crippen LogP contribution in [0.5, 0.6) is 5.75 Å². The van der Waals surface area contributed by atoms with Crippen LogP contribution in [0.4, 0.5) is 5.69 Å². The largest absolute Gasteiger partial charge is 0.488 e. The summed E-state index contributed by atoms with van der Waals surface area (Å²) in [6.07, 6.45) is 4.09. The van der Waals surface area contributed by atoms with Crippen molar-refractivity contribution in [2.24, 2.45) is 0 Å². The maximum atomic E-state index is 5.73. The average molecular weight is 305 g/mol. The normalized spacial score (nSPS) is 10.5. The molecule has 0 saturated heterocycles. The van der Waals surface area contributed by atoms with Gasteiger partial charge in [-0.15, -0.1) is 0 Å². The lowest BCUT2D eigenvalue weighted by atomic mass is 10.4. The molecule has 1 heterocycles. The fraction of sp³-hybridized carbons (Fsp3) is 0.545. The first-order chi connectivity index (χ1) is 8.25. The van der Waals surface area contributed by atoms with Gasteiger partial charge >= 0.3 is 0 Å². The van der Waals surface area contributed by atoms with Gasteiger partial charge < -0.3 is 19.9 Å². The highest BCUT2D eigenvalue weighted by atomic mass is 79.9. The highest BCUT2D eigenvalue weighted by Crippen LogP contribution is 2.29. The van der Waals surface area contributed by atoms with Gasteiger partial charge in [-0.3, -0.25) is 4.98 Å². The van der Waals surface area contributed by atoms with E-state index in [1.165, 1.54) is 0 Å². The van der Waals surface area contributed by atoms with Gasteiger partial charge in [0.1, 0.15) is 6.61 Å². The lowest BCUT2D eigenvalue weighted by Gasteiger charge is -2.10. The van der Waals surface area contributed by atoms with Crippen molar-refractivity contribution in [1.29, 1.82) is 0 Å². The van der Waals surface area contributed by atoms with E-state index in [9.17, 15) is 0 Å². The molecule has 0 amide bonds. The van der Waals surface area contributed by atoms with Crippen molar-refractivity contribution in [3.63, 3.8) is 0 Å². The van der Waals surface area contributed by atoms with Gasteiger partial charge in [0.2, 0.25) is 0 Å². The molecular formula is C11H17BrN2O3. The number of hydrogen-bond donors (Lipinski definition) is 1. The lowest BCUT2D eigenvalue weighted by molar-refractivity contribution is 0.0806. The minimum Gasteiger partial charge on any atom is -0.488 e. The molecule has 5 nitrogen and oxygen atoms in total. The molecule has 1 aromatic rings. The lowest BCUT2D eigenvalue weighted by Crippen LogP contribution is -2.09. The molecule has 0 saturated carbocycles. The van der Waals surface area contributed by atoms with E-state index in [-0.39, 0.29) is 0 Å². The van der Waals surface area contributed by atoms with E-state index >= 15 is 0 Å². The van der Waals surface area contributed by atoms with Crippen LogP contribution in [0.3, 0.4) is 0 Å². The fourth-order valence-corrected chi connectivity index (χ4v) is 1.66. The van der Waals surface area contributed by atoms with Crippen LogP contribution in [0.1, 0.15) is 6.42 Å². The standard InChI is InChI=1S/C11H17BrN2O3/c1-15-3-2-4-16-5-6-17-11-9(12)7-14-8-10(11)13/h7-8H,2-6,13H2,1H3. The van der Waals surface area contributed by atoms with E-state index in [0.29, 0.717) is 37.9 Å². The van der Waals surface area contributed by atoms with E-state index in [0.717, 1.165) is 10.9 Å². The molecule has 0 aromatic carbocycles. The highest BCUT2D eigenvalue weighted by molar-refractivity contribution is 9.10. The van der Waals surface area contributed by atoms with Gasteiger partial charge in [0.05, 0.1) is 23.0 Å². The zero-order chi connectivity index (χ0) is 12.5. The minimum absolute atomic E-state index is 0.458. The van der Waals surface area contributed by atoms with Crippen LogP contribution in [0, 0.1) is 0 Å². The number of rotatable bonds is 8. The number of nitrogens with two attached hydrogens (primary N) is 1. The average Bonchev–Trinajstić information content (AvgIpc) is 2.31. The van der Waals surface area contributed by atoms with E-state index in [1.54, 1.807) is 19.5 Å². The molecule has 1 rings (SSSR count). The number of anilines is 1. The molecular weight excluding hydrogens is 288 g/mol. The van der Waals surface area contributed by atoms with Crippen molar-refractivity contribution >= 4 is 21.6 Å². The monoisotopic (exact) mass is 304 g/mol. The number of methoxy groups -OCH3 is 1. The molecule has 0 atom stereocenters. The Hall–Kier alpha value is -0.850. The van der Waals surface area contributed by atoms with Gasteiger partial charge in [0.15, 0.2) is 5.75 Å². The summed E-state index contributed by atoms with van der Waals surface area (Å²) < 4.78 is 16.5. The first kappa shape index (κ1) is 14.2. The summed E-state index contributed by atoms with van der Waals surface area (Å²) in [5.74, 6) is 0.612. The van der Waals surface area contributed by atoms with Gasteiger partial charge in [-0.25, -0.2) is 0 Å². The quantitative estimate of drug-likeness (QED) is 0.743. The Balaban J connectivity index is 2.18. The molecule has 0 aliphatic rings. The van der Waals surface area contributed by atoms with Crippen molar-refractivity contribution in [1.82, 2.24) is 4.98 Å². The van der Waals surface area contributed by atoms with Crippen LogP contribution in [0.2, 0.25) is 0 Å². The third kappa shape index (κ3) is 5.34. The summed E-state index contributed by atoms with van der Waals surface area (Å²) in [6.45, 7) is 2.37. The summed E-state index contributed by atoms with van der Waals surface area (Å²) >= 11 is 3.33. The Morgan fingerprint density at radius 3 is 2.76 bits per heavy atom. The Morgan fingerprint density at radius 1 is 1.24 bits per heavy atom. The number of ether oxygens (including phenoxy) is 3. The summed E-state index contributed by atoms with van der Waals surface area (Å²) in [4.78, 5) is 3.93. The number of nitrogens with zero attached hydrogens (tertiary/aromatic N) is 1. The van der Waals surface area contributed by atoms with E-state index in [1.807, 2.05) is 0 Å². The minimum atomic E-state index is 0.458. The van der Waals surface area contributed by atoms with Crippen LogP contribution >= 0.6 is 15.9 Å². The Kier molecular flexibility index (Phi) is 6.91. The van der Waals surface area contributed by atoms with E-state index < -0.39 is 0 Å². The van der Waals surface area contributed by atoms with E-state index in [2.05, 4.69) is 20.9 Å². The summed E-state index contributed by atoms with van der Waals surface area (Å²) in [6, 6.07) is 0. The molecule has 17 heavy (non-hydrogen) atoms. The summed E-state index contributed by atoms with van der Waals surface area (Å²) in [5, 5.41) is 0. The fourth-order valence-electron chi connectivity index (χ4n) is 1.20. The van der Waals surface area contributed by atoms with Gasteiger partial charge in [0, 0.05) is 26.5 Å². The molecule has 6 heteroatoms. The number of aromatic nitrogens is 1. The van der Waals surface area contributed by atoms with Gasteiger partial charge in [-0.2, -0.15) is 0 Å². The Labute approximate surface area is 109 Å². The zero-order valence-corrected chi connectivity index (χ0v) is 11.4. The first-order valence-corrected chi connectivity index (χ1v) is 6.13. The molecule has 2 N–H and O–H groups in total. The molecule has 96 valence electrons. The number of pyridine rings is 1. The zero-order valence-electron chi connectivity index (χ0n) is 9.82. The first-order valence-electron chi connectivity index (χ1n) is 5.34. The summed E-state index contributed by atoms with van der Waals surface area (Å²) in [7, 11) is 1.67. The maximum absolute atomic E-state index is 5.73. The third-order valence-electron chi connectivity index (χ3n) is 1.99. The SMILES string of the molecule is COCCCOCCOc1c(N)cncc1Br. The topological polar surface area (TPSA) is 66.6 Å². The number of nitrogen functional groups attached to an aromatic ring is 1. The second kappa shape index (κ2) is 8.27. The molecule has 0 unspecified atom stereocenters. The molecule has 0 aliphatic carbocycles. The van der Waals surface area contributed by atoms with Crippen molar-refractivity contribution in [3.8, 4) is 5.75 Å². The predicted molar refractivity (Wildman–Crippen MR) is 69.2 cm³/mol. The van der Waals surface area contributed by atoms with Crippen molar-refractivity contribution in [3.05, 3.63) is 16.9 Å². The number of hydrogen-bond acceptors (Lipinski definition) is 5. The molecule has 0 radical (unpaired) electrons. The maximum Gasteiger partial charge on any atom is 0.159 e. The van der Waals surface area contributed by atoms with Crippen LogP contribution in [-0.4, -0.2) is 38.5 Å². The van der Waals surface area contributed by atoms with Crippen molar-refractivity contribution in [2.75, 3.05) is 39.3 Å². The Morgan fingerprint density at radius 2 is 2.06 bits per heavy atom. The summed E-state index contributed by atoms with van der Waals surface area (Å²) in [5.41, 5.74) is 6.24. The predicted octanol–water partition coefficient (Wildman–Crippen LogP) is 1.86. The van der Waals surface area contributed by atoms with E-state index in [4.69, 9.17) is 19.9 Å². The molecule has 0 spiro atoms. The van der Waals surface area contributed by atoms with Crippen LogP contribution in [0.15, 0.2) is 16.9 Å². The Bertz CT molecular complexity index is 316. The van der Waals surface area contributed by atoms with Crippen molar-refractivity contribution < 1.29 is 14.2 Å². The highest BCUT2D eigenvalue weighted by Gasteiger charge is 2.05. The smallest absolute Gasteiger partial charge is 0.159 e. The van der Waals surface area contributed by atoms with Crippen LogP contribution < -0.4 is 10.5 Å². The molecule has 0 aliphatic heterocycles. The molecule has 0 bridgehead atoms. The van der Waals surface area contributed by atoms with Gasteiger partial charge in [-0.1, -0.05) is 0 Å². The number of halogens is 1. The van der Waals surface area contributed by atoms with Crippen LogP contribution in [0.25, 0.3) is 0 Å². The van der Waals surface area contributed by atoms with Gasteiger partial charge in [0.25, 0.3) is 0 Å². The second-order valence-electron chi connectivity index (χ2n) is 3.35. The van der Waals surface area contributed by atoms with Crippen molar-refractivity contribution in [2.45, 2.75) is 6.42 Å².